The lowest BCUT2D eigenvalue weighted by Crippen LogP contribution is -2.38. The van der Waals surface area contributed by atoms with Crippen molar-refractivity contribution < 1.29 is 9.59 Å². The number of carbonyl (C=O) groups excluding carboxylic acids is 2. The Kier molecular flexibility index (Phi) is 3.74. The van der Waals surface area contributed by atoms with Gasteiger partial charge in [0.25, 0.3) is 11.8 Å². The lowest BCUT2D eigenvalue weighted by molar-refractivity contribution is 0.0709. The van der Waals surface area contributed by atoms with E-state index in [2.05, 4.69) is 5.10 Å². The average Bonchev–Trinajstić information content (AvgIpc) is 3.10. The van der Waals surface area contributed by atoms with Gasteiger partial charge in [0.2, 0.25) is 0 Å². The molecule has 3 rings (SSSR count). The standard InChI is InChI=1S/C15H18N4O2S/c1-10-4-5-13(22-10)15(21)18-6-7-19-11(9-18)8-12(16-19)14(20)17(2)3/h4-5,8H,6-7,9H2,1-3H3. The maximum atomic E-state index is 12.5. The Morgan fingerprint density at radius 3 is 2.68 bits per heavy atom. The van der Waals surface area contributed by atoms with Gasteiger partial charge in [-0.2, -0.15) is 5.10 Å². The number of hydrogen-bond acceptors (Lipinski definition) is 4. The number of carbonyl (C=O) groups is 2. The molecular formula is C15H18N4O2S. The molecule has 0 aromatic carbocycles. The minimum absolute atomic E-state index is 0.0473. The van der Waals surface area contributed by atoms with Crippen LogP contribution in [0.5, 0.6) is 0 Å². The molecule has 22 heavy (non-hydrogen) atoms. The number of hydrogen-bond donors (Lipinski definition) is 0. The van der Waals surface area contributed by atoms with Crippen LogP contribution in [0.4, 0.5) is 0 Å². The van der Waals surface area contributed by atoms with Crippen molar-refractivity contribution in [2.24, 2.45) is 0 Å². The summed E-state index contributed by atoms with van der Waals surface area (Å²) in [5.74, 6) is -0.0697. The Labute approximate surface area is 132 Å². The Morgan fingerprint density at radius 1 is 1.27 bits per heavy atom. The van der Waals surface area contributed by atoms with Crippen molar-refractivity contribution in [2.45, 2.75) is 20.0 Å². The summed E-state index contributed by atoms with van der Waals surface area (Å²) < 4.78 is 1.82. The van der Waals surface area contributed by atoms with E-state index >= 15 is 0 Å². The molecule has 0 unspecified atom stereocenters. The van der Waals surface area contributed by atoms with Crippen LogP contribution in [0.2, 0.25) is 0 Å². The maximum Gasteiger partial charge on any atom is 0.273 e. The molecule has 1 aliphatic heterocycles. The largest absolute Gasteiger partial charge is 0.343 e. The number of fused-ring (bicyclic) bond motifs is 1. The summed E-state index contributed by atoms with van der Waals surface area (Å²) >= 11 is 1.51. The molecule has 0 fully saturated rings. The molecular weight excluding hydrogens is 300 g/mol. The zero-order valence-corrected chi connectivity index (χ0v) is 13.7. The number of amides is 2. The van der Waals surface area contributed by atoms with E-state index in [1.807, 2.05) is 28.6 Å². The maximum absolute atomic E-state index is 12.5. The first-order valence-corrected chi connectivity index (χ1v) is 7.91. The van der Waals surface area contributed by atoms with Gasteiger partial charge in [0.05, 0.1) is 23.7 Å². The third-order valence-corrected chi connectivity index (χ3v) is 4.65. The first-order chi connectivity index (χ1) is 10.5. The van der Waals surface area contributed by atoms with Crippen LogP contribution < -0.4 is 0 Å². The van der Waals surface area contributed by atoms with Gasteiger partial charge >= 0.3 is 0 Å². The van der Waals surface area contributed by atoms with Crippen LogP contribution in [-0.4, -0.2) is 52.0 Å². The summed E-state index contributed by atoms with van der Waals surface area (Å²) in [5, 5.41) is 4.33. The quantitative estimate of drug-likeness (QED) is 0.845. The molecule has 6 nitrogen and oxygen atoms in total. The summed E-state index contributed by atoms with van der Waals surface area (Å²) in [4.78, 5) is 29.7. The lowest BCUT2D eigenvalue weighted by atomic mass is 10.2. The minimum atomic E-state index is -0.117. The zero-order chi connectivity index (χ0) is 15.9. The SMILES string of the molecule is Cc1ccc(C(=O)N2CCn3nc(C(=O)N(C)C)cc3C2)s1. The molecule has 0 saturated heterocycles. The smallest absolute Gasteiger partial charge is 0.273 e. The number of aromatic nitrogens is 2. The fourth-order valence-electron chi connectivity index (χ4n) is 2.48. The Balaban J connectivity index is 1.79. The second-order valence-corrected chi connectivity index (χ2v) is 6.87. The number of aryl methyl sites for hydroxylation is 1. The van der Waals surface area contributed by atoms with E-state index in [9.17, 15) is 9.59 Å². The first kappa shape index (κ1) is 14.8. The van der Waals surface area contributed by atoms with Crippen molar-refractivity contribution >= 4 is 23.2 Å². The van der Waals surface area contributed by atoms with Crippen LogP contribution in [-0.2, 0) is 13.1 Å². The van der Waals surface area contributed by atoms with E-state index in [0.717, 1.165) is 15.4 Å². The van der Waals surface area contributed by atoms with Crippen molar-refractivity contribution in [1.82, 2.24) is 19.6 Å². The first-order valence-electron chi connectivity index (χ1n) is 7.10. The van der Waals surface area contributed by atoms with Crippen LogP contribution in [0.1, 0.15) is 30.7 Å². The highest BCUT2D eigenvalue weighted by Crippen LogP contribution is 2.21. The molecule has 2 aromatic rings. The van der Waals surface area contributed by atoms with Crippen LogP contribution >= 0.6 is 11.3 Å². The number of rotatable bonds is 2. The van der Waals surface area contributed by atoms with Crippen molar-refractivity contribution in [1.29, 1.82) is 0 Å². The predicted octanol–water partition coefficient (Wildman–Crippen LogP) is 1.61. The molecule has 0 atom stereocenters. The summed E-state index contributed by atoms with van der Waals surface area (Å²) in [6, 6.07) is 5.61. The monoisotopic (exact) mass is 318 g/mol. The topological polar surface area (TPSA) is 58.4 Å². The summed E-state index contributed by atoms with van der Waals surface area (Å²) in [6.45, 7) is 3.71. The second-order valence-electron chi connectivity index (χ2n) is 5.58. The van der Waals surface area contributed by atoms with Gasteiger partial charge in [0.1, 0.15) is 0 Å². The summed E-state index contributed by atoms with van der Waals surface area (Å²) in [5.41, 5.74) is 1.33. The van der Waals surface area contributed by atoms with Gasteiger partial charge in [-0.25, -0.2) is 0 Å². The van der Waals surface area contributed by atoms with Crippen molar-refractivity contribution in [3.05, 3.63) is 39.3 Å². The van der Waals surface area contributed by atoms with E-state index in [-0.39, 0.29) is 11.8 Å². The van der Waals surface area contributed by atoms with Crippen LogP contribution in [0, 0.1) is 6.92 Å². The van der Waals surface area contributed by atoms with Crippen molar-refractivity contribution in [3.8, 4) is 0 Å². The Morgan fingerprint density at radius 2 is 2.05 bits per heavy atom. The predicted molar refractivity (Wildman–Crippen MR) is 84.0 cm³/mol. The summed E-state index contributed by atoms with van der Waals surface area (Å²) in [7, 11) is 3.41. The molecule has 0 saturated carbocycles. The molecule has 3 heterocycles. The normalized spacial score (nSPS) is 13.9. The van der Waals surface area contributed by atoms with Gasteiger partial charge in [-0.1, -0.05) is 0 Å². The van der Waals surface area contributed by atoms with Crippen molar-refractivity contribution in [2.75, 3.05) is 20.6 Å². The molecule has 7 heteroatoms. The molecule has 1 aliphatic rings. The fraction of sp³-hybridized carbons (Fsp3) is 0.400. The van der Waals surface area contributed by atoms with Gasteiger partial charge in [0, 0.05) is 25.5 Å². The highest BCUT2D eigenvalue weighted by Gasteiger charge is 2.25. The van der Waals surface area contributed by atoms with E-state index in [4.69, 9.17) is 0 Å². The Hall–Kier alpha value is -2.15. The van der Waals surface area contributed by atoms with Gasteiger partial charge in [-0.3, -0.25) is 14.3 Å². The lowest BCUT2D eigenvalue weighted by Gasteiger charge is -2.27. The molecule has 0 radical (unpaired) electrons. The third-order valence-electron chi connectivity index (χ3n) is 3.66. The molecule has 0 spiro atoms. The van der Waals surface area contributed by atoms with Gasteiger partial charge in [-0.05, 0) is 25.1 Å². The number of nitrogens with zero attached hydrogens (tertiary/aromatic N) is 4. The van der Waals surface area contributed by atoms with E-state index in [1.54, 1.807) is 20.2 Å². The van der Waals surface area contributed by atoms with Gasteiger partial charge in [-0.15, -0.1) is 11.3 Å². The molecule has 0 bridgehead atoms. The molecule has 0 N–H and O–H groups in total. The average molecular weight is 318 g/mol. The van der Waals surface area contributed by atoms with Gasteiger partial charge in [0.15, 0.2) is 5.69 Å². The van der Waals surface area contributed by atoms with Crippen LogP contribution in [0.25, 0.3) is 0 Å². The Bertz CT molecular complexity index is 732. The highest BCUT2D eigenvalue weighted by atomic mass is 32.1. The zero-order valence-electron chi connectivity index (χ0n) is 12.9. The fourth-order valence-corrected chi connectivity index (χ4v) is 3.31. The minimum Gasteiger partial charge on any atom is -0.343 e. The van der Waals surface area contributed by atoms with E-state index < -0.39 is 0 Å². The molecule has 2 amide bonds. The highest BCUT2D eigenvalue weighted by molar-refractivity contribution is 7.13. The number of thiophene rings is 1. The van der Waals surface area contributed by atoms with Gasteiger partial charge < -0.3 is 9.80 Å². The molecule has 116 valence electrons. The van der Waals surface area contributed by atoms with Crippen LogP contribution in [0.15, 0.2) is 18.2 Å². The molecule has 2 aromatic heterocycles. The second kappa shape index (κ2) is 5.57. The molecule has 0 aliphatic carbocycles. The summed E-state index contributed by atoms with van der Waals surface area (Å²) in [6.07, 6.45) is 0. The third kappa shape index (κ3) is 2.64. The van der Waals surface area contributed by atoms with Crippen LogP contribution in [0.3, 0.4) is 0 Å². The van der Waals surface area contributed by atoms with Crippen molar-refractivity contribution in [3.63, 3.8) is 0 Å². The van der Waals surface area contributed by atoms with E-state index in [0.29, 0.717) is 25.3 Å². The van der Waals surface area contributed by atoms with E-state index in [1.165, 1.54) is 16.2 Å².